The number of hydrazine groups is 1. The van der Waals surface area contributed by atoms with E-state index < -0.39 is 22.5 Å². The predicted molar refractivity (Wildman–Crippen MR) is 89.8 cm³/mol. The first-order chi connectivity index (χ1) is 10.8. The molecule has 0 unspecified atom stereocenters. The Morgan fingerprint density at radius 3 is 2.17 bits per heavy atom. The zero-order valence-corrected chi connectivity index (χ0v) is 14.1. The van der Waals surface area contributed by atoms with Gasteiger partial charge in [-0.1, -0.05) is 41.4 Å². The highest BCUT2D eigenvalue weighted by atomic mass is 35.5. The molecular weight excluding hydrogens is 361 g/mol. The van der Waals surface area contributed by atoms with Gasteiger partial charge in [0, 0.05) is 10.0 Å². The van der Waals surface area contributed by atoms with E-state index in [9.17, 15) is 13.2 Å². The third kappa shape index (κ3) is 4.14. The Bertz CT molecular complexity index is 793. The zero-order valence-electron chi connectivity index (χ0n) is 11.7. The summed E-state index contributed by atoms with van der Waals surface area (Å²) in [5.41, 5.74) is 2.07. The van der Waals surface area contributed by atoms with E-state index in [0.717, 1.165) is 4.31 Å². The third-order valence-corrected chi connectivity index (χ3v) is 5.14. The maximum Gasteiger partial charge on any atom is 0.264 e. The minimum absolute atomic E-state index is 0.0286. The number of rotatable bonds is 5. The lowest BCUT2D eigenvalue weighted by molar-refractivity contribution is -0.119. The molecule has 0 aromatic heterocycles. The topological polar surface area (TPSA) is 92.5 Å². The van der Waals surface area contributed by atoms with Crippen molar-refractivity contribution in [1.29, 1.82) is 0 Å². The highest BCUT2D eigenvalue weighted by molar-refractivity contribution is 7.92. The van der Waals surface area contributed by atoms with Crippen molar-refractivity contribution in [1.82, 2.24) is 5.43 Å². The van der Waals surface area contributed by atoms with Gasteiger partial charge in [0.05, 0.1) is 10.6 Å². The van der Waals surface area contributed by atoms with Crippen LogP contribution in [0.3, 0.4) is 0 Å². The second kappa shape index (κ2) is 7.18. The number of amides is 1. The van der Waals surface area contributed by atoms with Crippen LogP contribution in [0.15, 0.2) is 53.4 Å². The fraction of sp³-hybridized carbons (Fsp3) is 0.0714. The minimum atomic E-state index is -3.99. The molecule has 2 rings (SSSR count). The molecule has 0 saturated heterocycles. The van der Waals surface area contributed by atoms with Gasteiger partial charge in [0.2, 0.25) is 0 Å². The van der Waals surface area contributed by atoms with Crippen LogP contribution in [0.25, 0.3) is 0 Å². The number of anilines is 1. The van der Waals surface area contributed by atoms with E-state index >= 15 is 0 Å². The van der Waals surface area contributed by atoms with Crippen molar-refractivity contribution in [2.24, 2.45) is 5.84 Å². The van der Waals surface area contributed by atoms with Gasteiger partial charge in [-0.2, -0.15) is 0 Å². The molecule has 0 saturated carbocycles. The van der Waals surface area contributed by atoms with Crippen molar-refractivity contribution in [2.45, 2.75) is 4.90 Å². The SMILES string of the molecule is NNC(=O)CN(c1cc(Cl)cc(Cl)c1)S(=O)(=O)c1ccccc1. The fourth-order valence-electron chi connectivity index (χ4n) is 1.89. The van der Waals surface area contributed by atoms with Gasteiger partial charge in [-0.15, -0.1) is 0 Å². The van der Waals surface area contributed by atoms with Crippen LogP contribution in [-0.2, 0) is 14.8 Å². The summed E-state index contributed by atoms with van der Waals surface area (Å²) in [6.07, 6.45) is 0. The number of nitrogens with two attached hydrogens (primary N) is 1. The molecule has 2 aromatic carbocycles. The standard InChI is InChI=1S/C14H13Cl2N3O3S/c15-10-6-11(16)8-12(7-10)19(9-14(20)18-17)23(21,22)13-4-2-1-3-5-13/h1-8H,9,17H2,(H,18,20). The van der Waals surface area contributed by atoms with Crippen LogP contribution >= 0.6 is 23.2 Å². The van der Waals surface area contributed by atoms with E-state index in [1.54, 1.807) is 18.2 Å². The van der Waals surface area contributed by atoms with E-state index in [0.29, 0.717) is 0 Å². The summed E-state index contributed by atoms with van der Waals surface area (Å²) in [7, 11) is -3.99. The molecule has 6 nitrogen and oxygen atoms in total. The maximum absolute atomic E-state index is 12.8. The van der Waals surface area contributed by atoms with Crippen molar-refractivity contribution < 1.29 is 13.2 Å². The molecule has 3 N–H and O–H groups in total. The summed E-state index contributed by atoms with van der Waals surface area (Å²) in [6, 6.07) is 12.0. The molecule has 0 radical (unpaired) electrons. The van der Waals surface area contributed by atoms with Gasteiger partial charge >= 0.3 is 0 Å². The molecule has 0 aliphatic carbocycles. The Morgan fingerprint density at radius 2 is 1.65 bits per heavy atom. The summed E-state index contributed by atoms with van der Waals surface area (Å²) < 4.78 is 26.5. The molecule has 0 fully saturated rings. The van der Waals surface area contributed by atoms with Crippen molar-refractivity contribution in [3.05, 3.63) is 58.6 Å². The predicted octanol–water partition coefficient (Wildman–Crippen LogP) is 2.18. The zero-order chi connectivity index (χ0) is 17.0. The highest BCUT2D eigenvalue weighted by Gasteiger charge is 2.27. The number of nitrogens with one attached hydrogen (secondary N) is 1. The molecular formula is C14H13Cl2N3O3S. The number of nitrogens with zero attached hydrogens (tertiary/aromatic N) is 1. The number of benzene rings is 2. The summed E-state index contributed by atoms with van der Waals surface area (Å²) in [4.78, 5) is 11.7. The van der Waals surface area contributed by atoms with Gasteiger partial charge in [-0.05, 0) is 30.3 Å². The van der Waals surface area contributed by atoms with Gasteiger partial charge in [0.15, 0.2) is 0 Å². The van der Waals surface area contributed by atoms with Crippen LogP contribution in [0.4, 0.5) is 5.69 Å². The molecule has 0 atom stereocenters. The molecule has 0 heterocycles. The number of carbonyl (C=O) groups is 1. The van der Waals surface area contributed by atoms with Gasteiger partial charge in [-0.25, -0.2) is 14.3 Å². The van der Waals surface area contributed by atoms with Crippen LogP contribution in [0, 0.1) is 0 Å². The lowest BCUT2D eigenvalue weighted by atomic mass is 10.3. The molecule has 122 valence electrons. The van der Waals surface area contributed by atoms with E-state index in [2.05, 4.69) is 0 Å². The largest absolute Gasteiger partial charge is 0.293 e. The number of hydrogen-bond donors (Lipinski definition) is 2. The lowest BCUT2D eigenvalue weighted by Crippen LogP contribution is -2.43. The van der Waals surface area contributed by atoms with Gasteiger partial charge in [-0.3, -0.25) is 14.5 Å². The van der Waals surface area contributed by atoms with Crippen molar-refractivity contribution >= 4 is 44.8 Å². The third-order valence-electron chi connectivity index (χ3n) is 2.91. The van der Waals surface area contributed by atoms with Crippen LogP contribution in [0.2, 0.25) is 10.0 Å². The normalized spacial score (nSPS) is 11.1. The summed E-state index contributed by atoms with van der Waals surface area (Å²) in [6.45, 7) is -0.510. The number of halogens is 2. The van der Waals surface area contributed by atoms with Crippen molar-refractivity contribution in [3.8, 4) is 0 Å². The first-order valence-electron chi connectivity index (χ1n) is 6.38. The van der Waals surface area contributed by atoms with Gasteiger partial charge < -0.3 is 0 Å². The van der Waals surface area contributed by atoms with Crippen LogP contribution in [0.1, 0.15) is 0 Å². The summed E-state index contributed by atoms with van der Waals surface area (Å²) in [5, 5.41) is 0.489. The Morgan fingerprint density at radius 1 is 1.09 bits per heavy atom. The monoisotopic (exact) mass is 373 g/mol. The van der Waals surface area contributed by atoms with Crippen molar-refractivity contribution in [3.63, 3.8) is 0 Å². The van der Waals surface area contributed by atoms with E-state index in [1.807, 2.05) is 5.43 Å². The molecule has 0 aliphatic heterocycles. The molecule has 1 amide bonds. The Balaban J connectivity index is 2.56. The number of sulfonamides is 1. The first kappa shape index (κ1) is 17.6. The Labute approximate surface area is 143 Å². The number of carbonyl (C=O) groups excluding carboxylic acids is 1. The molecule has 0 aliphatic rings. The second-order valence-corrected chi connectivity index (χ2v) is 7.26. The first-order valence-corrected chi connectivity index (χ1v) is 8.57. The Hall–Kier alpha value is -1.80. The van der Waals surface area contributed by atoms with Crippen LogP contribution in [0.5, 0.6) is 0 Å². The number of hydrogen-bond acceptors (Lipinski definition) is 4. The average molecular weight is 374 g/mol. The summed E-state index contributed by atoms with van der Waals surface area (Å²) >= 11 is 11.9. The van der Waals surface area contributed by atoms with E-state index in [-0.39, 0.29) is 20.6 Å². The Kier molecular flexibility index (Phi) is 5.48. The van der Waals surface area contributed by atoms with Gasteiger partial charge in [0.25, 0.3) is 15.9 Å². The van der Waals surface area contributed by atoms with Crippen LogP contribution in [-0.4, -0.2) is 20.9 Å². The molecule has 0 spiro atoms. The van der Waals surface area contributed by atoms with Crippen molar-refractivity contribution in [2.75, 3.05) is 10.8 Å². The maximum atomic E-state index is 12.8. The van der Waals surface area contributed by atoms with Crippen LogP contribution < -0.4 is 15.6 Å². The van der Waals surface area contributed by atoms with Gasteiger partial charge in [0.1, 0.15) is 6.54 Å². The second-order valence-electron chi connectivity index (χ2n) is 4.52. The smallest absolute Gasteiger partial charge is 0.264 e. The molecule has 0 bridgehead atoms. The lowest BCUT2D eigenvalue weighted by Gasteiger charge is -2.24. The average Bonchev–Trinajstić information content (AvgIpc) is 2.52. The summed E-state index contributed by atoms with van der Waals surface area (Å²) in [5.74, 6) is 4.39. The molecule has 2 aromatic rings. The minimum Gasteiger partial charge on any atom is -0.293 e. The molecule has 9 heteroatoms. The quantitative estimate of drug-likeness (QED) is 0.477. The highest BCUT2D eigenvalue weighted by Crippen LogP contribution is 2.29. The van der Waals surface area contributed by atoms with E-state index in [4.69, 9.17) is 29.0 Å². The fourth-order valence-corrected chi connectivity index (χ4v) is 3.83. The van der Waals surface area contributed by atoms with E-state index in [1.165, 1.54) is 30.3 Å². The molecule has 23 heavy (non-hydrogen) atoms.